The van der Waals surface area contributed by atoms with E-state index in [-0.39, 0.29) is 25.7 Å². The lowest BCUT2D eigenvalue weighted by atomic mass is 10.2. The van der Waals surface area contributed by atoms with Crippen LogP contribution in [0.25, 0.3) is 0 Å². The van der Waals surface area contributed by atoms with Gasteiger partial charge in [0.05, 0.1) is 7.11 Å². The van der Waals surface area contributed by atoms with Gasteiger partial charge in [0.2, 0.25) is 5.91 Å². The van der Waals surface area contributed by atoms with Gasteiger partial charge in [0.15, 0.2) is 0 Å². The van der Waals surface area contributed by atoms with E-state index in [1.54, 1.807) is 0 Å². The minimum atomic E-state index is -0.561. The number of ether oxygens (including phenoxy) is 2. The summed E-state index contributed by atoms with van der Waals surface area (Å²) in [6.45, 7) is -0.859. The standard InChI is InChI=1S/C19H20N2O5/c1-25-19(24)12-20-17(22)13-26-14-18(23)21(15-8-4-2-5-9-15)16-10-6-3-7-11-16/h2-11H,12-14H2,1H3,(H,20,22). The molecule has 0 aliphatic carbocycles. The van der Waals surface area contributed by atoms with Gasteiger partial charge in [0.1, 0.15) is 19.8 Å². The fraction of sp³-hybridized carbons (Fsp3) is 0.211. The minimum absolute atomic E-state index is 0.243. The summed E-state index contributed by atoms with van der Waals surface area (Å²) in [6, 6.07) is 18.3. The number of para-hydroxylation sites is 2. The van der Waals surface area contributed by atoms with E-state index in [2.05, 4.69) is 10.1 Å². The SMILES string of the molecule is COC(=O)CNC(=O)COCC(=O)N(c1ccccc1)c1ccccc1. The Bertz CT molecular complexity index is 695. The second-order valence-corrected chi connectivity index (χ2v) is 5.25. The summed E-state index contributed by atoms with van der Waals surface area (Å²) >= 11 is 0. The molecule has 2 amide bonds. The molecule has 1 N–H and O–H groups in total. The normalized spacial score (nSPS) is 10.0. The number of nitrogens with one attached hydrogen (secondary N) is 1. The topological polar surface area (TPSA) is 84.9 Å². The molecule has 0 radical (unpaired) electrons. The number of amides is 2. The van der Waals surface area contributed by atoms with Crippen LogP contribution in [0.2, 0.25) is 0 Å². The Balaban J connectivity index is 1.95. The van der Waals surface area contributed by atoms with Crippen molar-refractivity contribution in [2.45, 2.75) is 0 Å². The highest BCUT2D eigenvalue weighted by Crippen LogP contribution is 2.24. The van der Waals surface area contributed by atoms with E-state index in [9.17, 15) is 14.4 Å². The van der Waals surface area contributed by atoms with Crippen molar-refractivity contribution in [3.63, 3.8) is 0 Å². The maximum absolute atomic E-state index is 12.6. The quantitative estimate of drug-likeness (QED) is 0.727. The van der Waals surface area contributed by atoms with Gasteiger partial charge >= 0.3 is 5.97 Å². The molecule has 0 saturated heterocycles. The minimum Gasteiger partial charge on any atom is -0.468 e. The highest BCUT2D eigenvalue weighted by atomic mass is 16.5. The van der Waals surface area contributed by atoms with Crippen LogP contribution >= 0.6 is 0 Å². The number of nitrogens with zero attached hydrogens (tertiary/aromatic N) is 1. The van der Waals surface area contributed by atoms with Crippen LogP contribution in [0.3, 0.4) is 0 Å². The van der Waals surface area contributed by atoms with E-state index in [1.807, 2.05) is 60.7 Å². The summed E-state index contributed by atoms with van der Waals surface area (Å²) in [5.41, 5.74) is 1.39. The van der Waals surface area contributed by atoms with Gasteiger partial charge in [-0.1, -0.05) is 36.4 Å². The number of hydrogen-bond acceptors (Lipinski definition) is 5. The second kappa shape index (κ2) is 9.95. The third-order valence-corrected chi connectivity index (χ3v) is 3.39. The number of hydrogen-bond donors (Lipinski definition) is 1. The third-order valence-electron chi connectivity index (χ3n) is 3.39. The Morgan fingerprint density at radius 3 is 1.92 bits per heavy atom. The number of carbonyl (C=O) groups is 3. The number of methoxy groups -OCH3 is 1. The van der Waals surface area contributed by atoms with Crippen molar-refractivity contribution in [2.75, 3.05) is 31.8 Å². The van der Waals surface area contributed by atoms with Crippen LogP contribution in [0, 0.1) is 0 Å². The van der Waals surface area contributed by atoms with Crippen LogP contribution in [0.15, 0.2) is 60.7 Å². The van der Waals surface area contributed by atoms with Crippen molar-refractivity contribution in [3.8, 4) is 0 Å². The lowest BCUT2D eigenvalue weighted by Crippen LogP contribution is -2.35. The smallest absolute Gasteiger partial charge is 0.325 e. The Kier molecular flexibility index (Phi) is 7.32. The highest BCUT2D eigenvalue weighted by Gasteiger charge is 2.18. The lowest BCUT2D eigenvalue weighted by Gasteiger charge is -2.23. The summed E-state index contributed by atoms with van der Waals surface area (Å²) in [6.07, 6.45) is 0. The zero-order chi connectivity index (χ0) is 18.8. The Labute approximate surface area is 151 Å². The third kappa shape index (κ3) is 5.71. The fourth-order valence-electron chi connectivity index (χ4n) is 2.18. The maximum atomic E-state index is 12.6. The van der Waals surface area contributed by atoms with Crippen molar-refractivity contribution in [1.29, 1.82) is 0 Å². The van der Waals surface area contributed by atoms with E-state index in [0.717, 1.165) is 0 Å². The van der Waals surface area contributed by atoms with Crippen molar-refractivity contribution < 1.29 is 23.9 Å². The van der Waals surface area contributed by atoms with Crippen LogP contribution in [0.4, 0.5) is 11.4 Å². The molecule has 2 aromatic rings. The lowest BCUT2D eigenvalue weighted by molar-refractivity contribution is -0.142. The summed E-state index contributed by atoms with van der Waals surface area (Å²) in [5.74, 6) is -1.38. The molecule has 26 heavy (non-hydrogen) atoms. The van der Waals surface area contributed by atoms with Gasteiger partial charge in [-0.25, -0.2) is 0 Å². The van der Waals surface area contributed by atoms with Crippen LogP contribution in [-0.2, 0) is 23.9 Å². The van der Waals surface area contributed by atoms with Crippen molar-refractivity contribution >= 4 is 29.2 Å². The molecule has 2 rings (SSSR count). The first-order chi connectivity index (χ1) is 12.6. The van der Waals surface area contributed by atoms with Crippen LogP contribution in [0.1, 0.15) is 0 Å². The number of rotatable bonds is 8. The van der Waals surface area contributed by atoms with Gasteiger partial charge in [0.25, 0.3) is 5.91 Å². The van der Waals surface area contributed by atoms with Gasteiger partial charge in [-0.05, 0) is 24.3 Å². The molecule has 0 atom stereocenters. The molecule has 0 aromatic heterocycles. The molecule has 7 heteroatoms. The predicted octanol–water partition coefficient (Wildman–Crippen LogP) is 1.66. The molecule has 0 unspecified atom stereocenters. The zero-order valence-electron chi connectivity index (χ0n) is 14.4. The van der Waals surface area contributed by atoms with Crippen LogP contribution < -0.4 is 10.2 Å². The zero-order valence-corrected chi connectivity index (χ0v) is 14.4. The summed E-state index contributed by atoms with van der Waals surface area (Å²) in [7, 11) is 1.23. The predicted molar refractivity (Wildman–Crippen MR) is 95.9 cm³/mol. The summed E-state index contributed by atoms with van der Waals surface area (Å²) in [5, 5.41) is 2.34. The molecule has 0 aliphatic rings. The highest BCUT2D eigenvalue weighted by molar-refractivity contribution is 6.01. The molecule has 7 nitrogen and oxygen atoms in total. The molecule has 0 saturated carbocycles. The van der Waals surface area contributed by atoms with Gasteiger partial charge in [0, 0.05) is 11.4 Å². The number of anilines is 2. The Morgan fingerprint density at radius 2 is 1.42 bits per heavy atom. The first-order valence-corrected chi connectivity index (χ1v) is 7.96. The van der Waals surface area contributed by atoms with E-state index < -0.39 is 11.9 Å². The van der Waals surface area contributed by atoms with Gasteiger partial charge in [-0.2, -0.15) is 0 Å². The Morgan fingerprint density at radius 1 is 0.885 bits per heavy atom. The molecule has 136 valence electrons. The first-order valence-electron chi connectivity index (χ1n) is 7.96. The molecule has 2 aromatic carbocycles. The van der Waals surface area contributed by atoms with Crippen LogP contribution in [-0.4, -0.2) is 44.7 Å². The molecule has 0 aliphatic heterocycles. The van der Waals surface area contributed by atoms with Crippen molar-refractivity contribution in [3.05, 3.63) is 60.7 Å². The molecular formula is C19H20N2O5. The van der Waals surface area contributed by atoms with Gasteiger partial charge < -0.3 is 14.8 Å². The Hall–Kier alpha value is -3.19. The average Bonchev–Trinajstić information content (AvgIpc) is 2.68. The van der Waals surface area contributed by atoms with E-state index in [1.165, 1.54) is 12.0 Å². The average molecular weight is 356 g/mol. The van der Waals surface area contributed by atoms with Crippen molar-refractivity contribution in [2.24, 2.45) is 0 Å². The largest absolute Gasteiger partial charge is 0.468 e. The molecule has 0 bridgehead atoms. The van der Waals surface area contributed by atoms with E-state index >= 15 is 0 Å². The summed E-state index contributed by atoms with van der Waals surface area (Å²) < 4.78 is 9.61. The monoisotopic (exact) mass is 356 g/mol. The van der Waals surface area contributed by atoms with E-state index in [4.69, 9.17) is 4.74 Å². The van der Waals surface area contributed by atoms with Gasteiger partial charge in [-0.15, -0.1) is 0 Å². The first kappa shape index (κ1) is 19.1. The van der Waals surface area contributed by atoms with Crippen molar-refractivity contribution in [1.82, 2.24) is 5.32 Å². The number of benzene rings is 2. The second-order valence-electron chi connectivity index (χ2n) is 5.25. The molecule has 0 fully saturated rings. The van der Waals surface area contributed by atoms with E-state index in [0.29, 0.717) is 11.4 Å². The van der Waals surface area contributed by atoms with Gasteiger partial charge in [-0.3, -0.25) is 19.3 Å². The molecule has 0 spiro atoms. The van der Waals surface area contributed by atoms with Crippen LogP contribution in [0.5, 0.6) is 0 Å². The molecular weight excluding hydrogens is 336 g/mol. The number of carbonyl (C=O) groups excluding carboxylic acids is 3. The number of esters is 1. The maximum Gasteiger partial charge on any atom is 0.325 e. The fourth-order valence-corrected chi connectivity index (χ4v) is 2.18. The summed E-state index contributed by atoms with van der Waals surface area (Å²) in [4.78, 5) is 36.7. The molecule has 0 heterocycles.